The van der Waals surface area contributed by atoms with Crippen LogP contribution in [-0.4, -0.2) is 31.4 Å². The lowest BCUT2D eigenvalue weighted by atomic mass is 10.1. The zero-order valence-electron chi connectivity index (χ0n) is 11.3. The molecule has 1 amide bonds. The first-order valence-corrected chi connectivity index (χ1v) is 7.04. The molecular weight excluding hydrogens is 289 g/mol. The van der Waals surface area contributed by atoms with Crippen LogP contribution in [0.5, 0.6) is 0 Å². The fraction of sp³-hybridized carbons (Fsp3) is 0.462. The Morgan fingerprint density at radius 2 is 1.90 bits per heavy atom. The van der Waals surface area contributed by atoms with Gasteiger partial charge in [0.05, 0.1) is 5.75 Å². The number of alkyl halides is 3. The molecular formula is C13H17F3N2OS. The zero-order chi connectivity index (χ0) is 15.2. The number of thioether (sulfide) groups is 1. The van der Waals surface area contributed by atoms with Gasteiger partial charge in [0.25, 0.3) is 0 Å². The number of benzene rings is 1. The SMILES string of the molecule is CNC(C)c1ccc(SCC(=O)NCC(F)(F)F)cc1. The van der Waals surface area contributed by atoms with Crippen molar-refractivity contribution in [3.63, 3.8) is 0 Å². The minimum Gasteiger partial charge on any atom is -0.346 e. The van der Waals surface area contributed by atoms with Crippen molar-refractivity contribution in [3.8, 4) is 0 Å². The molecule has 112 valence electrons. The van der Waals surface area contributed by atoms with Crippen LogP contribution in [0.2, 0.25) is 0 Å². The van der Waals surface area contributed by atoms with Gasteiger partial charge in [-0.15, -0.1) is 11.8 Å². The van der Waals surface area contributed by atoms with Crippen molar-refractivity contribution in [1.82, 2.24) is 10.6 Å². The molecule has 1 unspecified atom stereocenters. The Hall–Kier alpha value is -1.21. The van der Waals surface area contributed by atoms with Crippen LogP contribution in [0.3, 0.4) is 0 Å². The highest BCUT2D eigenvalue weighted by Gasteiger charge is 2.27. The summed E-state index contributed by atoms with van der Waals surface area (Å²) in [6, 6.07) is 7.79. The number of halogens is 3. The molecule has 0 heterocycles. The predicted octanol–water partition coefficient (Wildman–Crippen LogP) is 2.74. The first-order chi connectivity index (χ1) is 9.31. The molecule has 3 nitrogen and oxygen atoms in total. The number of carbonyl (C=O) groups excluding carboxylic acids is 1. The average Bonchev–Trinajstić information content (AvgIpc) is 2.41. The summed E-state index contributed by atoms with van der Waals surface area (Å²) in [5, 5.41) is 4.94. The topological polar surface area (TPSA) is 41.1 Å². The smallest absolute Gasteiger partial charge is 0.346 e. The summed E-state index contributed by atoms with van der Waals surface area (Å²) in [5.74, 6) is -0.656. The van der Waals surface area contributed by atoms with Gasteiger partial charge in [0, 0.05) is 10.9 Å². The lowest BCUT2D eigenvalue weighted by molar-refractivity contribution is -0.136. The second kappa shape index (κ2) is 7.54. The molecule has 0 aliphatic carbocycles. The van der Waals surface area contributed by atoms with Gasteiger partial charge in [-0.25, -0.2) is 0 Å². The summed E-state index contributed by atoms with van der Waals surface area (Å²) in [4.78, 5) is 12.1. The maximum atomic E-state index is 11.9. The Kier molecular flexibility index (Phi) is 6.35. The number of amides is 1. The molecule has 2 N–H and O–H groups in total. The molecule has 1 rings (SSSR count). The highest BCUT2D eigenvalue weighted by Crippen LogP contribution is 2.21. The molecule has 20 heavy (non-hydrogen) atoms. The molecule has 0 fully saturated rings. The molecule has 0 spiro atoms. The fourth-order valence-corrected chi connectivity index (χ4v) is 2.15. The van der Waals surface area contributed by atoms with E-state index in [0.29, 0.717) is 0 Å². The van der Waals surface area contributed by atoms with Gasteiger partial charge in [0.2, 0.25) is 5.91 Å². The first kappa shape index (κ1) is 16.8. The van der Waals surface area contributed by atoms with Crippen molar-refractivity contribution < 1.29 is 18.0 Å². The molecule has 0 saturated carbocycles. The Balaban J connectivity index is 2.40. The highest BCUT2D eigenvalue weighted by molar-refractivity contribution is 8.00. The van der Waals surface area contributed by atoms with Crippen LogP contribution in [0.25, 0.3) is 0 Å². The van der Waals surface area contributed by atoms with Crippen LogP contribution in [0.15, 0.2) is 29.2 Å². The minimum absolute atomic E-state index is 0.0307. The summed E-state index contributed by atoms with van der Waals surface area (Å²) in [7, 11) is 1.86. The van der Waals surface area contributed by atoms with E-state index < -0.39 is 18.6 Å². The molecule has 1 aromatic rings. The van der Waals surface area contributed by atoms with Crippen molar-refractivity contribution in [1.29, 1.82) is 0 Å². The van der Waals surface area contributed by atoms with E-state index in [2.05, 4.69) is 5.32 Å². The normalized spacial score (nSPS) is 13.1. The summed E-state index contributed by atoms with van der Waals surface area (Å²) >= 11 is 1.21. The molecule has 7 heteroatoms. The summed E-state index contributed by atoms with van der Waals surface area (Å²) in [6.45, 7) is 0.734. The van der Waals surface area contributed by atoms with E-state index in [1.807, 2.05) is 43.6 Å². The van der Waals surface area contributed by atoms with E-state index >= 15 is 0 Å². The fourth-order valence-electron chi connectivity index (χ4n) is 1.42. The van der Waals surface area contributed by atoms with E-state index in [-0.39, 0.29) is 11.8 Å². The van der Waals surface area contributed by atoms with Gasteiger partial charge in [-0.2, -0.15) is 13.2 Å². The monoisotopic (exact) mass is 306 g/mol. The molecule has 0 saturated heterocycles. The maximum absolute atomic E-state index is 11.9. The molecule has 0 aromatic heterocycles. The van der Waals surface area contributed by atoms with Gasteiger partial charge in [0.15, 0.2) is 0 Å². The molecule has 0 bridgehead atoms. The van der Waals surface area contributed by atoms with Gasteiger partial charge in [0.1, 0.15) is 6.54 Å². The van der Waals surface area contributed by atoms with Gasteiger partial charge < -0.3 is 10.6 Å². The molecule has 0 aliphatic heterocycles. The maximum Gasteiger partial charge on any atom is 0.405 e. The standard InChI is InChI=1S/C13H17F3N2OS/c1-9(17-2)10-3-5-11(6-4-10)20-7-12(19)18-8-13(14,15)16/h3-6,9,17H,7-8H2,1-2H3,(H,18,19). The van der Waals surface area contributed by atoms with E-state index in [1.54, 1.807) is 0 Å². The van der Waals surface area contributed by atoms with Crippen LogP contribution < -0.4 is 10.6 Å². The number of carbonyl (C=O) groups is 1. The van der Waals surface area contributed by atoms with Crippen molar-refractivity contribution in [2.24, 2.45) is 0 Å². The van der Waals surface area contributed by atoms with Crippen LogP contribution in [-0.2, 0) is 4.79 Å². The van der Waals surface area contributed by atoms with Crippen molar-refractivity contribution in [2.75, 3.05) is 19.3 Å². The summed E-state index contributed by atoms with van der Waals surface area (Å²) in [6.07, 6.45) is -4.37. The zero-order valence-corrected chi connectivity index (χ0v) is 12.1. The van der Waals surface area contributed by atoms with Crippen LogP contribution in [0, 0.1) is 0 Å². The molecule has 1 aromatic carbocycles. The van der Waals surface area contributed by atoms with E-state index in [9.17, 15) is 18.0 Å². The van der Waals surface area contributed by atoms with Crippen LogP contribution >= 0.6 is 11.8 Å². The molecule has 0 aliphatic rings. The van der Waals surface area contributed by atoms with Gasteiger partial charge in [-0.3, -0.25) is 4.79 Å². The number of hydrogen-bond donors (Lipinski definition) is 2. The quantitative estimate of drug-likeness (QED) is 0.794. The summed E-state index contributed by atoms with van der Waals surface area (Å²) < 4.78 is 35.7. The van der Waals surface area contributed by atoms with E-state index in [4.69, 9.17) is 0 Å². The van der Waals surface area contributed by atoms with Crippen molar-refractivity contribution in [3.05, 3.63) is 29.8 Å². The van der Waals surface area contributed by atoms with Gasteiger partial charge in [-0.05, 0) is 31.7 Å². The number of rotatable bonds is 6. The highest BCUT2D eigenvalue weighted by atomic mass is 32.2. The van der Waals surface area contributed by atoms with Crippen molar-refractivity contribution in [2.45, 2.75) is 24.0 Å². The average molecular weight is 306 g/mol. The van der Waals surface area contributed by atoms with Gasteiger partial charge in [-0.1, -0.05) is 12.1 Å². The van der Waals surface area contributed by atoms with Crippen LogP contribution in [0.1, 0.15) is 18.5 Å². The first-order valence-electron chi connectivity index (χ1n) is 6.05. The lowest BCUT2D eigenvalue weighted by Crippen LogP contribution is -2.34. The third-order valence-corrected chi connectivity index (χ3v) is 3.68. The second-order valence-electron chi connectivity index (χ2n) is 4.26. The Labute approximate surface area is 120 Å². The number of nitrogens with one attached hydrogen (secondary N) is 2. The van der Waals surface area contributed by atoms with Crippen molar-refractivity contribution >= 4 is 17.7 Å². The number of hydrogen-bond acceptors (Lipinski definition) is 3. The lowest BCUT2D eigenvalue weighted by Gasteiger charge is -2.11. The second-order valence-corrected chi connectivity index (χ2v) is 5.31. The van der Waals surface area contributed by atoms with E-state index in [1.165, 1.54) is 11.8 Å². The molecule has 0 radical (unpaired) electrons. The minimum atomic E-state index is -4.37. The summed E-state index contributed by atoms with van der Waals surface area (Å²) in [5.41, 5.74) is 1.11. The Morgan fingerprint density at radius 3 is 2.40 bits per heavy atom. The largest absolute Gasteiger partial charge is 0.405 e. The Bertz CT molecular complexity index is 434. The third kappa shape index (κ3) is 6.29. The Morgan fingerprint density at radius 1 is 1.30 bits per heavy atom. The third-order valence-electron chi connectivity index (χ3n) is 2.67. The van der Waals surface area contributed by atoms with E-state index in [0.717, 1.165) is 10.5 Å². The van der Waals surface area contributed by atoms with Crippen LogP contribution in [0.4, 0.5) is 13.2 Å². The predicted molar refractivity (Wildman–Crippen MR) is 73.7 cm³/mol. The van der Waals surface area contributed by atoms with Gasteiger partial charge >= 0.3 is 6.18 Å². The molecule has 1 atom stereocenters.